The Labute approximate surface area is 184 Å². The van der Waals surface area contributed by atoms with E-state index in [9.17, 15) is 9.59 Å². The second kappa shape index (κ2) is 11.5. The minimum absolute atomic E-state index is 0.0282. The van der Waals surface area contributed by atoms with Crippen LogP contribution in [0.5, 0.6) is 0 Å². The van der Waals surface area contributed by atoms with E-state index in [0.29, 0.717) is 13.1 Å². The molecule has 0 unspecified atom stereocenters. The molecule has 0 aliphatic carbocycles. The summed E-state index contributed by atoms with van der Waals surface area (Å²) in [7, 11) is 0. The number of nitrogens with zero attached hydrogens (tertiary/aromatic N) is 2. The Kier molecular flexibility index (Phi) is 8.47. The highest BCUT2D eigenvalue weighted by Gasteiger charge is 2.27. The molecule has 0 spiro atoms. The highest BCUT2D eigenvalue weighted by molar-refractivity contribution is 5.94. The van der Waals surface area contributed by atoms with Crippen LogP contribution in [0.25, 0.3) is 6.08 Å². The van der Waals surface area contributed by atoms with Gasteiger partial charge in [0, 0.05) is 25.3 Å². The zero-order valence-corrected chi connectivity index (χ0v) is 18.4. The minimum Gasteiger partial charge on any atom is -0.467 e. The second-order valence-corrected chi connectivity index (χ2v) is 7.96. The minimum atomic E-state index is -0.165. The van der Waals surface area contributed by atoms with Crippen molar-refractivity contribution in [3.8, 4) is 0 Å². The third kappa shape index (κ3) is 6.82. The number of ether oxygens (including phenoxy) is 1. The fourth-order valence-electron chi connectivity index (χ4n) is 3.62. The third-order valence-corrected chi connectivity index (χ3v) is 5.66. The normalized spacial score (nSPS) is 17.0. The van der Waals surface area contributed by atoms with E-state index in [4.69, 9.17) is 9.15 Å². The summed E-state index contributed by atoms with van der Waals surface area (Å²) in [5, 5.41) is 0. The van der Waals surface area contributed by atoms with Crippen molar-refractivity contribution in [3.63, 3.8) is 0 Å². The van der Waals surface area contributed by atoms with E-state index < -0.39 is 0 Å². The number of carbonyl (C=O) groups is 2. The number of hydrogen-bond acceptors (Lipinski definition) is 4. The lowest BCUT2D eigenvalue weighted by atomic mass is 10.1. The van der Waals surface area contributed by atoms with Gasteiger partial charge in [-0.1, -0.05) is 37.3 Å². The highest BCUT2D eigenvalue weighted by atomic mass is 16.5. The van der Waals surface area contributed by atoms with E-state index in [0.717, 1.165) is 37.2 Å². The molecular formula is C25H32N2O4. The Morgan fingerprint density at radius 3 is 2.65 bits per heavy atom. The van der Waals surface area contributed by atoms with Gasteiger partial charge in [-0.15, -0.1) is 0 Å². The van der Waals surface area contributed by atoms with Crippen LogP contribution >= 0.6 is 0 Å². The second-order valence-electron chi connectivity index (χ2n) is 7.96. The topological polar surface area (TPSA) is 63.0 Å². The number of amides is 2. The molecule has 2 atom stereocenters. The maximum atomic E-state index is 13.3. The van der Waals surface area contributed by atoms with Crippen LogP contribution < -0.4 is 0 Å². The fourth-order valence-corrected chi connectivity index (χ4v) is 3.62. The van der Waals surface area contributed by atoms with E-state index in [1.54, 1.807) is 28.2 Å². The molecule has 0 saturated carbocycles. The molecule has 1 aromatic heterocycles. The Balaban J connectivity index is 1.71. The van der Waals surface area contributed by atoms with Gasteiger partial charge in [-0.05, 0) is 50.0 Å². The number of furan rings is 1. The van der Waals surface area contributed by atoms with Crippen molar-refractivity contribution in [3.05, 3.63) is 66.1 Å². The lowest BCUT2D eigenvalue weighted by Crippen LogP contribution is -2.47. The first-order chi connectivity index (χ1) is 15.1. The van der Waals surface area contributed by atoms with Gasteiger partial charge in [-0.3, -0.25) is 9.59 Å². The van der Waals surface area contributed by atoms with Gasteiger partial charge in [-0.25, -0.2) is 0 Å². The summed E-state index contributed by atoms with van der Waals surface area (Å²) in [6, 6.07) is 13.3. The van der Waals surface area contributed by atoms with Gasteiger partial charge in [-0.2, -0.15) is 0 Å². The van der Waals surface area contributed by atoms with Crippen LogP contribution in [0.3, 0.4) is 0 Å². The quantitative estimate of drug-likeness (QED) is 0.538. The molecule has 1 fully saturated rings. The molecule has 166 valence electrons. The van der Waals surface area contributed by atoms with E-state index in [2.05, 4.69) is 0 Å². The maximum Gasteiger partial charge on any atom is 0.247 e. The summed E-state index contributed by atoms with van der Waals surface area (Å²) in [6.07, 6.45) is 7.69. The monoisotopic (exact) mass is 424 g/mol. The molecule has 2 aromatic rings. The molecule has 0 N–H and O–H groups in total. The number of hydrogen-bond donors (Lipinski definition) is 0. The van der Waals surface area contributed by atoms with Crippen LogP contribution in [0.2, 0.25) is 0 Å². The van der Waals surface area contributed by atoms with Crippen molar-refractivity contribution in [1.29, 1.82) is 0 Å². The van der Waals surface area contributed by atoms with Crippen LogP contribution in [0.4, 0.5) is 0 Å². The predicted octanol–water partition coefficient (Wildman–Crippen LogP) is 4.13. The Morgan fingerprint density at radius 2 is 2.00 bits per heavy atom. The molecule has 2 heterocycles. The van der Waals surface area contributed by atoms with Crippen molar-refractivity contribution in [1.82, 2.24) is 9.80 Å². The van der Waals surface area contributed by atoms with Gasteiger partial charge in [0.2, 0.25) is 11.8 Å². The molecule has 0 bridgehead atoms. The van der Waals surface area contributed by atoms with Crippen LogP contribution in [-0.4, -0.2) is 53.5 Å². The third-order valence-electron chi connectivity index (χ3n) is 5.66. The van der Waals surface area contributed by atoms with Crippen LogP contribution in [-0.2, 0) is 20.9 Å². The summed E-state index contributed by atoms with van der Waals surface area (Å²) in [6.45, 7) is 5.62. The zero-order chi connectivity index (χ0) is 22.1. The molecule has 1 aliphatic rings. The smallest absolute Gasteiger partial charge is 0.247 e. The molecule has 1 saturated heterocycles. The van der Waals surface area contributed by atoms with Crippen LogP contribution in [0.15, 0.2) is 59.2 Å². The highest BCUT2D eigenvalue weighted by Crippen LogP contribution is 2.17. The first-order valence-electron chi connectivity index (χ1n) is 11.0. The van der Waals surface area contributed by atoms with Crippen molar-refractivity contribution < 1.29 is 18.7 Å². The van der Waals surface area contributed by atoms with E-state index in [1.807, 2.05) is 56.3 Å². The van der Waals surface area contributed by atoms with E-state index in [1.165, 1.54) is 0 Å². The van der Waals surface area contributed by atoms with E-state index in [-0.39, 0.29) is 30.5 Å². The standard InChI is InChI=1S/C25H32N2O4/c1-3-20(2)27(24(28)14-13-21-9-5-4-6-10-21)19-25(29)26(17-22-11-7-15-30-22)18-23-12-8-16-31-23/h4-7,9-11,13-15,20,23H,3,8,12,16-19H2,1-2H3/b14-13+/t20-,23+/m1/s1. The van der Waals surface area contributed by atoms with Gasteiger partial charge in [0.15, 0.2) is 0 Å². The van der Waals surface area contributed by atoms with Gasteiger partial charge in [0.05, 0.1) is 18.9 Å². The largest absolute Gasteiger partial charge is 0.467 e. The summed E-state index contributed by atoms with van der Waals surface area (Å²) in [5.74, 6) is 0.451. The predicted molar refractivity (Wildman–Crippen MR) is 120 cm³/mol. The Hall–Kier alpha value is -2.86. The van der Waals surface area contributed by atoms with Gasteiger partial charge in [0.25, 0.3) is 0 Å². The SMILES string of the molecule is CC[C@@H](C)N(CC(=O)N(Cc1ccco1)C[C@@H]1CCCO1)C(=O)/C=C/c1ccccc1. The molecule has 6 heteroatoms. The molecule has 0 radical (unpaired) electrons. The van der Waals surface area contributed by atoms with Gasteiger partial charge < -0.3 is 19.0 Å². The van der Waals surface area contributed by atoms with Gasteiger partial charge in [0.1, 0.15) is 12.3 Å². The van der Waals surface area contributed by atoms with Gasteiger partial charge >= 0.3 is 0 Å². The van der Waals surface area contributed by atoms with Crippen molar-refractivity contribution >= 4 is 17.9 Å². The molecule has 1 aromatic carbocycles. The van der Waals surface area contributed by atoms with E-state index >= 15 is 0 Å². The van der Waals surface area contributed by atoms with Crippen molar-refractivity contribution in [2.45, 2.75) is 51.8 Å². The lowest BCUT2D eigenvalue weighted by molar-refractivity contribution is -0.141. The Bertz CT molecular complexity index is 842. The molecule has 2 amide bonds. The summed E-state index contributed by atoms with van der Waals surface area (Å²) >= 11 is 0. The summed E-state index contributed by atoms with van der Waals surface area (Å²) < 4.78 is 11.2. The van der Waals surface area contributed by atoms with Crippen molar-refractivity contribution in [2.24, 2.45) is 0 Å². The lowest BCUT2D eigenvalue weighted by Gasteiger charge is -2.31. The first-order valence-corrected chi connectivity index (χ1v) is 11.0. The summed E-state index contributed by atoms with van der Waals surface area (Å²) in [4.78, 5) is 29.6. The van der Waals surface area contributed by atoms with Crippen molar-refractivity contribution in [2.75, 3.05) is 19.7 Å². The number of benzene rings is 1. The van der Waals surface area contributed by atoms with Crippen LogP contribution in [0, 0.1) is 0 Å². The molecule has 6 nitrogen and oxygen atoms in total. The number of carbonyl (C=O) groups excluding carboxylic acids is 2. The average Bonchev–Trinajstić information content (AvgIpc) is 3.50. The Morgan fingerprint density at radius 1 is 1.19 bits per heavy atom. The maximum absolute atomic E-state index is 13.3. The zero-order valence-electron chi connectivity index (χ0n) is 18.4. The molecule has 31 heavy (non-hydrogen) atoms. The molecule has 1 aliphatic heterocycles. The average molecular weight is 425 g/mol. The van der Waals surface area contributed by atoms with Crippen LogP contribution in [0.1, 0.15) is 44.4 Å². The molecular weight excluding hydrogens is 392 g/mol. The first kappa shape index (κ1) is 22.8. The fraction of sp³-hybridized carbons (Fsp3) is 0.440. The molecule has 3 rings (SSSR count). The summed E-state index contributed by atoms with van der Waals surface area (Å²) in [5.41, 5.74) is 0.948. The number of rotatable bonds is 10.